The Hall–Kier alpha value is -1.82. The van der Waals surface area contributed by atoms with Crippen molar-refractivity contribution in [3.05, 3.63) is 67.7 Å². The smallest absolute Gasteiger partial charge is 0.287 e. The van der Waals surface area contributed by atoms with Crippen molar-refractivity contribution in [2.24, 2.45) is 0 Å². The fourth-order valence-corrected chi connectivity index (χ4v) is 2.25. The quantitative estimate of drug-likeness (QED) is 0.714. The van der Waals surface area contributed by atoms with Gasteiger partial charge in [0.1, 0.15) is 17.3 Å². The summed E-state index contributed by atoms with van der Waals surface area (Å²) in [7, 11) is 0. The lowest BCUT2D eigenvalue weighted by atomic mass is 10.1. The zero-order chi connectivity index (χ0) is 15.7. The average molecular weight is 357 g/mol. The number of nitrogens with zero attached hydrogens (tertiary/aromatic N) is 3. The second-order valence-corrected chi connectivity index (χ2v) is 5.68. The highest BCUT2D eigenvalue weighted by Crippen LogP contribution is 2.21. The first-order valence-corrected chi connectivity index (χ1v) is 7.30. The zero-order valence-electron chi connectivity index (χ0n) is 11.0. The molecule has 2 aromatic heterocycles. The van der Waals surface area contributed by atoms with Crippen molar-refractivity contribution in [3.63, 3.8) is 0 Å². The molecule has 5 nitrogen and oxygen atoms in total. The van der Waals surface area contributed by atoms with E-state index in [-0.39, 0.29) is 16.6 Å². The Kier molecular flexibility index (Phi) is 4.20. The number of hydrogen-bond donors (Lipinski definition) is 0. The lowest BCUT2D eigenvalue weighted by molar-refractivity contribution is 0.370. The molecule has 112 valence electrons. The van der Waals surface area contributed by atoms with Gasteiger partial charge in [0.15, 0.2) is 5.76 Å². The molecule has 2 heterocycles. The third-order valence-electron chi connectivity index (χ3n) is 2.95. The Morgan fingerprint density at radius 3 is 2.59 bits per heavy atom. The maximum atomic E-state index is 11.9. The molecule has 3 rings (SSSR count). The molecule has 22 heavy (non-hydrogen) atoms. The fourth-order valence-electron chi connectivity index (χ4n) is 1.85. The van der Waals surface area contributed by atoms with Crippen molar-refractivity contribution < 1.29 is 4.52 Å². The molecule has 0 aliphatic carbocycles. The molecule has 0 saturated carbocycles. The van der Waals surface area contributed by atoms with Gasteiger partial charge in [0.2, 0.25) is 0 Å². The zero-order valence-corrected chi connectivity index (χ0v) is 13.2. The topological polar surface area (TPSA) is 60.9 Å². The molecule has 8 heteroatoms. The highest BCUT2D eigenvalue weighted by Gasteiger charge is 2.11. The molecule has 0 fully saturated rings. The molecule has 0 bridgehead atoms. The van der Waals surface area contributed by atoms with Crippen molar-refractivity contribution in [1.82, 2.24) is 14.9 Å². The molecular formula is C14H8Cl3N3O2. The van der Waals surface area contributed by atoms with E-state index in [2.05, 4.69) is 10.3 Å². The maximum absolute atomic E-state index is 11.9. The van der Waals surface area contributed by atoms with Crippen LogP contribution in [0.3, 0.4) is 0 Å². The molecule has 0 aliphatic heterocycles. The van der Waals surface area contributed by atoms with E-state index in [1.165, 1.54) is 6.20 Å². The van der Waals surface area contributed by atoms with E-state index in [9.17, 15) is 4.79 Å². The summed E-state index contributed by atoms with van der Waals surface area (Å²) in [6.07, 6.45) is 1.31. The summed E-state index contributed by atoms with van der Waals surface area (Å²) in [4.78, 5) is 11.9. The van der Waals surface area contributed by atoms with E-state index >= 15 is 0 Å². The number of rotatable bonds is 3. The van der Waals surface area contributed by atoms with E-state index in [0.29, 0.717) is 16.5 Å². The first-order valence-electron chi connectivity index (χ1n) is 6.17. The van der Waals surface area contributed by atoms with Crippen LogP contribution in [-0.2, 0) is 6.54 Å². The standard InChI is InChI=1S/C14H8Cl3N3O2/c15-9-3-1-8(2-4-9)12-5-10(22-19-12)7-20-14(21)13(17)11(16)6-18-20/h1-6H,7H2. The average Bonchev–Trinajstić information content (AvgIpc) is 2.97. The summed E-state index contributed by atoms with van der Waals surface area (Å²) in [5.41, 5.74) is 1.01. The van der Waals surface area contributed by atoms with Gasteiger partial charge >= 0.3 is 0 Å². The molecule has 3 aromatic rings. The number of halogens is 3. The third-order valence-corrected chi connectivity index (χ3v) is 3.95. The van der Waals surface area contributed by atoms with Gasteiger partial charge in [-0.25, -0.2) is 4.68 Å². The molecular weight excluding hydrogens is 349 g/mol. The van der Waals surface area contributed by atoms with Crippen molar-refractivity contribution in [3.8, 4) is 11.3 Å². The van der Waals surface area contributed by atoms with Crippen LogP contribution in [0.2, 0.25) is 15.1 Å². The van der Waals surface area contributed by atoms with Gasteiger partial charge in [0.05, 0.1) is 11.2 Å². The van der Waals surface area contributed by atoms with Crippen LogP contribution in [0.15, 0.2) is 45.8 Å². The highest BCUT2D eigenvalue weighted by molar-refractivity contribution is 6.41. The van der Waals surface area contributed by atoms with E-state index in [4.69, 9.17) is 39.3 Å². The predicted octanol–water partition coefficient (Wildman–Crippen LogP) is 3.91. The molecule has 0 atom stereocenters. The minimum absolute atomic E-state index is 0.0749. The molecule has 0 aliphatic rings. The number of hydrogen-bond acceptors (Lipinski definition) is 4. The van der Waals surface area contributed by atoms with Crippen LogP contribution in [0.1, 0.15) is 5.76 Å². The van der Waals surface area contributed by atoms with E-state index in [0.717, 1.165) is 10.2 Å². The summed E-state index contributed by atoms with van der Waals surface area (Å²) < 4.78 is 6.37. The van der Waals surface area contributed by atoms with Gasteiger partial charge in [0, 0.05) is 16.7 Å². The first-order chi connectivity index (χ1) is 10.5. The summed E-state index contributed by atoms with van der Waals surface area (Å²) in [5.74, 6) is 0.470. The van der Waals surface area contributed by atoms with Gasteiger partial charge in [0.25, 0.3) is 5.56 Å². The normalized spacial score (nSPS) is 10.9. The Morgan fingerprint density at radius 1 is 1.14 bits per heavy atom. The minimum Gasteiger partial charge on any atom is -0.359 e. The monoisotopic (exact) mass is 355 g/mol. The van der Waals surface area contributed by atoms with Crippen molar-refractivity contribution in [2.75, 3.05) is 0 Å². The SMILES string of the molecule is O=c1c(Cl)c(Cl)cnn1Cc1cc(-c2ccc(Cl)cc2)no1. The first kappa shape index (κ1) is 15.1. The lowest BCUT2D eigenvalue weighted by Crippen LogP contribution is -2.23. The van der Waals surface area contributed by atoms with Crippen LogP contribution in [0, 0.1) is 0 Å². The largest absolute Gasteiger partial charge is 0.359 e. The van der Waals surface area contributed by atoms with Gasteiger partial charge in [-0.15, -0.1) is 0 Å². The summed E-state index contributed by atoms with van der Waals surface area (Å²) in [6.45, 7) is 0.107. The minimum atomic E-state index is -0.487. The van der Waals surface area contributed by atoms with Crippen LogP contribution in [-0.4, -0.2) is 14.9 Å². The van der Waals surface area contributed by atoms with Crippen LogP contribution >= 0.6 is 34.8 Å². The van der Waals surface area contributed by atoms with Crippen LogP contribution in [0.4, 0.5) is 0 Å². The van der Waals surface area contributed by atoms with Crippen LogP contribution in [0.5, 0.6) is 0 Å². The van der Waals surface area contributed by atoms with Crippen molar-refractivity contribution in [1.29, 1.82) is 0 Å². The number of benzene rings is 1. The van der Waals surface area contributed by atoms with Crippen LogP contribution < -0.4 is 5.56 Å². The highest BCUT2D eigenvalue weighted by atomic mass is 35.5. The molecule has 1 aromatic carbocycles. The predicted molar refractivity (Wildman–Crippen MR) is 84.6 cm³/mol. The Labute approximate surface area is 140 Å². The Morgan fingerprint density at radius 2 is 1.86 bits per heavy atom. The Balaban J connectivity index is 1.87. The summed E-state index contributed by atoms with van der Waals surface area (Å²) >= 11 is 17.4. The molecule has 0 spiro atoms. The van der Waals surface area contributed by atoms with Gasteiger partial charge in [-0.3, -0.25) is 4.79 Å². The third kappa shape index (κ3) is 3.02. The second kappa shape index (κ2) is 6.12. The Bertz CT molecular complexity index is 872. The fraction of sp³-hybridized carbons (Fsp3) is 0.0714. The van der Waals surface area contributed by atoms with E-state index < -0.39 is 5.56 Å². The second-order valence-electron chi connectivity index (χ2n) is 4.45. The number of aromatic nitrogens is 3. The molecule has 0 saturated heterocycles. The maximum Gasteiger partial charge on any atom is 0.287 e. The van der Waals surface area contributed by atoms with Gasteiger partial charge in [-0.05, 0) is 12.1 Å². The van der Waals surface area contributed by atoms with Crippen molar-refractivity contribution >= 4 is 34.8 Å². The van der Waals surface area contributed by atoms with E-state index in [1.54, 1.807) is 18.2 Å². The van der Waals surface area contributed by atoms with Gasteiger partial charge < -0.3 is 4.52 Å². The molecule has 0 radical (unpaired) electrons. The van der Waals surface area contributed by atoms with E-state index in [1.807, 2.05) is 12.1 Å². The van der Waals surface area contributed by atoms with Gasteiger partial charge in [-0.1, -0.05) is 52.1 Å². The molecule has 0 amide bonds. The lowest BCUT2D eigenvalue weighted by Gasteiger charge is -2.02. The molecule has 0 N–H and O–H groups in total. The van der Waals surface area contributed by atoms with Gasteiger partial charge in [-0.2, -0.15) is 5.10 Å². The summed E-state index contributed by atoms with van der Waals surface area (Å²) in [6, 6.07) is 8.90. The van der Waals surface area contributed by atoms with Crippen LogP contribution in [0.25, 0.3) is 11.3 Å². The molecule has 0 unspecified atom stereocenters. The summed E-state index contributed by atoms with van der Waals surface area (Å²) in [5, 5.41) is 8.55. The van der Waals surface area contributed by atoms with Crippen molar-refractivity contribution in [2.45, 2.75) is 6.54 Å².